The van der Waals surface area contributed by atoms with Gasteiger partial charge in [0, 0.05) is 19.0 Å². The summed E-state index contributed by atoms with van der Waals surface area (Å²) in [5.41, 5.74) is 2.27. The molecule has 0 fully saturated rings. The van der Waals surface area contributed by atoms with Crippen molar-refractivity contribution < 1.29 is 9.53 Å². The number of nitrogens with zero attached hydrogens (tertiary/aromatic N) is 1. The van der Waals surface area contributed by atoms with Gasteiger partial charge in [0.1, 0.15) is 12.1 Å². The van der Waals surface area contributed by atoms with Crippen molar-refractivity contribution in [3.8, 4) is 0 Å². The number of nitrogens with one attached hydrogen (secondary N) is 2. The van der Waals surface area contributed by atoms with Crippen molar-refractivity contribution in [2.75, 3.05) is 41.3 Å². The average molecular weight is 370 g/mol. The first-order chi connectivity index (χ1) is 13.1. The fourth-order valence-electron chi connectivity index (χ4n) is 3.25. The standard InChI is InChI=1S/C22H31N3O2/c1-23-15-19(24-2)22(26)27-20(16-25(3)4)21(17-11-7-5-8-12-17)18-13-9-6-10-14-18/h5-14,19-21,23-24H,15-16H2,1-4H3. The minimum absolute atomic E-state index is 0.0363. The quantitative estimate of drug-likeness (QED) is 0.628. The minimum Gasteiger partial charge on any atom is -0.459 e. The molecule has 2 aromatic rings. The van der Waals surface area contributed by atoms with Crippen LogP contribution in [0.1, 0.15) is 17.0 Å². The Balaban J connectivity index is 2.37. The maximum absolute atomic E-state index is 12.8. The fourth-order valence-corrected chi connectivity index (χ4v) is 3.25. The molecular weight excluding hydrogens is 338 g/mol. The second-order valence-corrected chi connectivity index (χ2v) is 6.94. The number of hydrogen-bond donors (Lipinski definition) is 2. The van der Waals surface area contributed by atoms with E-state index in [0.717, 1.165) is 11.1 Å². The van der Waals surface area contributed by atoms with E-state index in [1.54, 1.807) is 7.05 Å². The molecule has 0 saturated carbocycles. The fraction of sp³-hybridized carbons (Fsp3) is 0.409. The van der Waals surface area contributed by atoms with Gasteiger partial charge in [0.15, 0.2) is 0 Å². The molecular formula is C22H31N3O2. The number of esters is 1. The van der Waals surface area contributed by atoms with E-state index < -0.39 is 0 Å². The molecule has 27 heavy (non-hydrogen) atoms. The molecule has 0 saturated heterocycles. The molecule has 0 heterocycles. The molecule has 2 rings (SSSR count). The summed E-state index contributed by atoms with van der Waals surface area (Å²) in [4.78, 5) is 14.8. The predicted molar refractivity (Wildman–Crippen MR) is 110 cm³/mol. The van der Waals surface area contributed by atoms with Crippen LogP contribution in [-0.4, -0.2) is 64.3 Å². The molecule has 0 radical (unpaired) electrons. The summed E-state index contributed by atoms with van der Waals surface area (Å²) < 4.78 is 6.05. The molecule has 0 spiro atoms. The third kappa shape index (κ3) is 6.17. The van der Waals surface area contributed by atoms with Gasteiger partial charge in [-0.25, -0.2) is 0 Å². The summed E-state index contributed by atoms with van der Waals surface area (Å²) in [6, 6.07) is 20.1. The van der Waals surface area contributed by atoms with Gasteiger partial charge in [-0.3, -0.25) is 4.79 Å². The lowest BCUT2D eigenvalue weighted by Crippen LogP contribution is -2.46. The molecule has 0 aliphatic rings. The summed E-state index contributed by atoms with van der Waals surface area (Å²) in [6.45, 7) is 1.15. The van der Waals surface area contributed by atoms with E-state index in [1.165, 1.54) is 0 Å². The molecule has 0 bridgehead atoms. The van der Waals surface area contributed by atoms with Crippen LogP contribution in [0, 0.1) is 0 Å². The molecule has 0 aromatic heterocycles. The number of carbonyl (C=O) groups excluding carboxylic acids is 1. The number of rotatable bonds is 10. The van der Waals surface area contributed by atoms with Crippen LogP contribution in [0.5, 0.6) is 0 Å². The molecule has 146 valence electrons. The van der Waals surface area contributed by atoms with Gasteiger partial charge in [-0.2, -0.15) is 0 Å². The van der Waals surface area contributed by atoms with E-state index in [2.05, 4.69) is 39.8 Å². The first-order valence-corrected chi connectivity index (χ1v) is 9.33. The second kappa shape index (κ2) is 10.8. The third-order valence-corrected chi connectivity index (χ3v) is 4.54. The van der Waals surface area contributed by atoms with Crippen LogP contribution in [0.4, 0.5) is 0 Å². The normalized spacial score (nSPS) is 13.6. The van der Waals surface area contributed by atoms with Gasteiger partial charge in [-0.05, 0) is 39.3 Å². The monoisotopic (exact) mass is 369 g/mol. The molecule has 0 aliphatic carbocycles. The Morgan fingerprint density at radius 3 is 1.89 bits per heavy atom. The van der Waals surface area contributed by atoms with Gasteiger partial charge in [0.2, 0.25) is 0 Å². The predicted octanol–water partition coefficient (Wildman–Crippen LogP) is 2.10. The van der Waals surface area contributed by atoms with Crippen molar-refractivity contribution in [2.24, 2.45) is 0 Å². The Morgan fingerprint density at radius 1 is 0.963 bits per heavy atom. The van der Waals surface area contributed by atoms with Crippen molar-refractivity contribution in [1.82, 2.24) is 15.5 Å². The highest BCUT2D eigenvalue weighted by Gasteiger charge is 2.31. The minimum atomic E-state index is -0.383. The van der Waals surface area contributed by atoms with Gasteiger partial charge in [-0.1, -0.05) is 60.7 Å². The van der Waals surface area contributed by atoms with E-state index in [4.69, 9.17) is 4.74 Å². The third-order valence-electron chi connectivity index (χ3n) is 4.54. The molecule has 0 aliphatic heterocycles. The number of ether oxygens (including phenoxy) is 1. The summed E-state index contributed by atoms with van der Waals surface area (Å²) in [5.74, 6) is -0.276. The van der Waals surface area contributed by atoms with Gasteiger partial charge in [-0.15, -0.1) is 0 Å². The van der Waals surface area contributed by atoms with Gasteiger partial charge in [0.25, 0.3) is 0 Å². The van der Waals surface area contributed by atoms with Crippen LogP contribution in [-0.2, 0) is 9.53 Å². The maximum atomic E-state index is 12.8. The molecule has 5 heteroatoms. The van der Waals surface area contributed by atoms with Crippen LogP contribution in [0.25, 0.3) is 0 Å². The Bertz CT molecular complexity index is 637. The topological polar surface area (TPSA) is 53.6 Å². The van der Waals surface area contributed by atoms with Crippen LogP contribution < -0.4 is 10.6 Å². The zero-order valence-electron chi connectivity index (χ0n) is 16.7. The number of hydrogen-bond acceptors (Lipinski definition) is 5. The molecule has 2 N–H and O–H groups in total. The first-order valence-electron chi connectivity index (χ1n) is 9.33. The Kier molecular flexibility index (Phi) is 8.45. The summed E-state index contributed by atoms with van der Waals surface area (Å²) in [7, 11) is 7.59. The zero-order valence-corrected chi connectivity index (χ0v) is 16.7. The smallest absolute Gasteiger partial charge is 0.324 e. The van der Waals surface area contributed by atoms with Crippen LogP contribution in [0.15, 0.2) is 60.7 Å². The van der Waals surface area contributed by atoms with Gasteiger partial charge >= 0.3 is 5.97 Å². The van der Waals surface area contributed by atoms with Gasteiger partial charge < -0.3 is 20.3 Å². The molecule has 2 aromatic carbocycles. The maximum Gasteiger partial charge on any atom is 0.324 e. The Hall–Kier alpha value is -2.21. The second-order valence-electron chi connectivity index (χ2n) is 6.94. The summed E-state index contributed by atoms with van der Waals surface area (Å²) in [5, 5.41) is 6.06. The van der Waals surface area contributed by atoms with Crippen molar-refractivity contribution in [2.45, 2.75) is 18.1 Å². The number of carbonyl (C=O) groups is 1. The van der Waals surface area contributed by atoms with Crippen molar-refractivity contribution >= 4 is 5.97 Å². The highest BCUT2D eigenvalue weighted by Crippen LogP contribution is 2.30. The highest BCUT2D eigenvalue weighted by molar-refractivity contribution is 5.76. The Labute approximate surface area is 162 Å². The zero-order chi connectivity index (χ0) is 19.6. The molecule has 0 amide bonds. The van der Waals surface area contributed by atoms with Crippen LogP contribution in [0.3, 0.4) is 0 Å². The largest absolute Gasteiger partial charge is 0.459 e. The van der Waals surface area contributed by atoms with Crippen LogP contribution in [0.2, 0.25) is 0 Å². The lowest BCUT2D eigenvalue weighted by molar-refractivity contribution is -0.152. The molecule has 5 nitrogen and oxygen atoms in total. The van der Waals surface area contributed by atoms with E-state index in [-0.39, 0.29) is 24.0 Å². The summed E-state index contributed by atoms with van der Waals surface area (Å²) >= 11 is 0. The van der Waals surface area contributed by atoms with Crippen LogP contribution >= 0.6 is 0 Å². The van der Waals surface area contributed by atoms with Crippen molar-refractivity contribution in [3.05, 3.63) is 71.8 Å². The van der Waals surface area contributed by atoms with Crippen molar-refractivity contribution in [3.63, 3.8) is 0 Å². The molecule has 2 atom stereocenters. The van der Waals surface area contributed by atoms with E-state index in [0.29, 0.717) is 13.1 Å². The van der Waals surface area contributed by atoms with E-state index >= 15 is 0 Å². The van der Waals surface area contributed by atoms with Crippen molar-refractivity contribution in [1.29, 1.82) is 0 Å². The first kappa shape index (κ1) is 21.1. The lowest BCUT2D eigenvalue weighted by Gasteiger charge is -2.31. The van der Waals surface area contributed by atoms with E-state index in [9.17, 15) is 4.79 Å². The average Bonchev–Trinajstić information content (AvgIpc) is 2.67. The van der Waals surface area contributed by atoms with Gasteiger partial charge in [0.05, 0.1) is 0 Å². The summed E-state index contributed by atoms with van der Waals surface area (Å²) in [6.07, 6.45) is -0.301. The highest BCUT2D eigenvalue weighted by atomic mass is 16.5. The number of benzene rings is 2. The Morgan fingerprint density at radius 2 is 1.48 bits per heavy atom. The lowest BCUT2D eigenvalue weighted by atomic mass is 9.86. The SMILES string of the molecule is CNCC(NC)C(=O)OC(CN(C)C)C(c1ccccc1)c1ccccc1. The molecule has 2 unspecified atom stereocenters. The van der Waals surface area contributed by atoms with E-state index in [1.807, 2.05) is 57.5 Å². The number of likely N-dealkylation sites (N-methyl/N-ethyl adjacent to an activating group) is 3.